The van der Waals surface area contributed by atoms with Gasteiger partial charge < -0.3 is 4.90 Å². The largest absolute Gasteiger partial charge is 0.332 e. The molecular formula is C22H21N5O3. The number of hydrogen-bond acceptors (Lipinski definition) is 5. The zero-order chi connectivity index (χ0) is 20.8. The average molecular weight is 403 g/mol. The molecule has 4 heterocycles. The maximum absolute atomic E-state index is 13.0. The lowest BCUT2D eigenvalue weighted by atomic mass is 10.1. The number of pyridine rings is 1. The lowest BCUT2D eigenvalue weighted by molar-refractivity contribution is -0.132. The van der Waals surface area contributed by atoms with E-state index in [-0.39, 0.29) is 36.7 Å². The van der Waals surface area contributed by atoms with Gasteiger partial charge in [-0.2, -0.15) is 0 Å². The molecule has 0 spiro atoms. The Kier molecular flexibility index (Phi) is 4.34. The molecule has 2 aliphatic heterocycles. The van der Waals surface area contributed by atoms with Crippen LogP contribution in [0.5, 0.6) is 0 Å². The third-order valence-corrected chi connectivity index (χ3v) is 5.89. The van der Waals surface area contributed by atoms with Crippen molar-refractivity contribution in [2.24, 2.45) is 0 Å². The topological polar surface area (TPSA) is 87.9 Å². The minimum absolute atomic E-state index is 0.0774. The van der Waals surface area contributed by atoms with Crippen LogP contribution in [-0.4, -0.2) is 55.2 Å². The number of benzene rings is 1. The van der Waals surface area contributed by atoms with E-state index in [0.717, 1.165) is 29.9 Å². The number of imide groups is 1. The Bertz CT molecular complexity index is 1180. The number of aryl methyl sites for hydroxylation is 1. The summed E-state index contributed by atoms with van der Waals surface area (Å²) in [6, 6.07) is 10.8. The van der Waals surface area contributed by atoms with E-state index in [0.29, 0.717) is 17.7 Å². The summed E-state index contributed by atoms with van der Waals surface area (Å²) in [7, 11) is 0. The molecule has 0 aliphatic carbocycles. The van der Waals surface area contributed by atoms with Gasteiger partial charge in [0, 0.05) is 25.7 Å². The van der Waals surface area contributed by atoms with Crippen molar-refractivity contribution >= 4 is 23.4 Å². The summed E-state index contributed by atoms with van der Waals surface area (Å²) in [5, 5.41) is 8.50. The number of fused-ring (bicyclic) bond motifs is 2. The fourth-order valence-electron chi connectivity index (χ4n) is 4.38. The predicted octanol–water partition coefficient (Wildman–Crippen LogP) is 2.39. The summed E-state index contributed by atoms with van der Waals surface area (Å²) >= 11 is 0. The fourth-order valence-corrected chi connectivity index (χ4v) is 4.38. The Hall–Kier alpha value is -3.55. The molecule has 0 N–H and O–H groups in total. The van der Waals surface area contributed by atoms with E-state index >= 15 is 0 Å². The summed E-state index contributed by atoms with van der Waals surface area (Å²) in [6.45, 7) is 2.59. The molecule has 1 fully saturated rings. The molecule has 2 aliphatic rings. The van der Waals surface area contributed by atoms with Gasteiger partial charge in [-0.05, 0) is 44.0 Å². The number of nitrogens with zero attached hydrogens (tertiary/aromatic N) is 5. The molecule has 1 saturated heterocycles. The quantitative estimate of drug-likeness (QED) is 0.624. The highest BCUT2D eigenvalue weighted by Gasteiger charge is 2.37. The minimum atomic E-state index is -0.329. The first-order chi connectivity index (χ1) is 14.5. The summed E-state index contributed by atoms with van der Waals surface area (Å²) in [5.74, 6) is 0.00252. The average Bonchev–Trinajstić information content (AvgIpc) is 3.44. The Morgan fingerprint density at radius 3 is 2.80 bits per heavy atom. The molecule has 8 heteroatoms. The maximum Gasteiger partial charge on any atom is 0.261 e. The van der Waals surface area contributed by atoms with Gasteiger partial charge >= 0.3 is 0 Å². The molecule has 1 aromatic carbocycles. The van der Waals surface area contributed by atoms with Crippen LogP contribution in [0, 0.1) is 6.92 Å². The maximum atomic E-state index is 13.0. The van der Waals surface area contributed by atoms with Crippen LogP contribution in [0.3, 0.4) is 0 Å². The Balaban J connectivity index is 1.31. The molecular weight excluding hydrogens is 382 g/mol. The van der Waals surface area contributed by atoms with Crippen LogP contribution in [0.2, 0.25) is 0 Å². The van der Waals surface area contributed by atoms with Crippen LogP contribution in [0.4, 0.5) is 0 Å². The minimum Gasteiger partial charge on any atom is -0.332 e. The standard InChI is InChI=1S/C22H21N5O3/c1-14-7-8-15-16(13-14)22(30)27(21(15)29)12-9-19(28)25-11-4-5-17(25)20-24-23-18-6-2-3-10-26(18)20/h2-3,6-8,10,13,17H,4-5,9,11-12H2,1H3. The van der Waals surface area contributed by atoms with Crippen molar-refractivity contribution in [2.75, 3.05) is 13.1 Å². The predicted molar refractivity (Wildman–Crippen MR) is 108 cm³/mol. The number of rotatable bonds is 4. The number of aromatic nitrogens is 3. The van der Waals surface area contributed by atoms with E-state index < -0.39 is 0 Å². The zero-order valence-corrected chi connectivity index (χ0v) is 16.6. The van der Waals surface area contributed by atoms with Crippen molar-refractivity contribution in [1.29, 1.82) is 0 Å². The van der Waals surface area contributed by atoms with E-state index in [2.05, 4.69) is 10.2 Å². The van der Waals surface area contributed by atoms with E-state index in [1.165, 1.54) is 4.90 Å². The van der Waals surface area contributed by atoms with Gasteiger partial charge in [0.15, 0.2) is 11.5 Å². The van der Waals surface area contributed by atoms with Crippen molar-refractivity contribution in [3.8, 4) is 0 Å². The Morgan fingerprint density at radius 2 is 1.93 bits per heavy atom. The van der Waals surface area contributed by atoms with E-state index in [9.17, 15) is 14.4 Å². The fraction of sp³-hybridized carbons (Fsp3) is 0.318. The first-order valence-corrected chi connectivity index (χ1v) is 10.1. The summed E-state index contributed by atoms with van der Waals surface area (Å²) in [6.07, 6.45) is 3.68. The molecule has 0 bridgehead atoms. The number of hydrogen-bond donors (Lipinski definition) is 0. The molecule has 8 nitrogen and oxygen atoms in total. The summed E-state index contributed by atoms with van der Waals surface area (Å²) in [4.78, 5) is 41.2. The van der Waals surface area contributed by atoms with Crippen LogP contribution in [-0.2, 0) is 4.79 Å². The van der Waals surface area contributed by atoms with Crippen molar-refractivity contribution in [3.05, 3.63) is 65.1 Å². The second kappa shape index (κ2) is 7.05. The molecule has 5 rings (SSSR count). The van der Waals surface area contributed by atoms with Gasteiger partial charge in [0.1, 0.15) is 0 Å². The zero-order valence-electron chi connectivity index (χ0n) is 16.6. The Labute approximate surface area is 173 Å². The van der Waals surface area contributed by atoms with Crippen molar-refractivity contribution in [3.63, 3.8) is 0 Å². The van der Waals surface area contributed by atoms with Gasteiger partial charge in [0.25, 0.3) is 11.8 Å². The number of amides is 3. The molecule has 0 radical (unpaired) electrons. The Morgan fingerprint density at radius 1 is 1.10 bits per heavy atom. The van der Waals surface area contributed by atoms with Crippen LogP contribution in [0.15, 0.2) is 42.6 Å². The van der Waals surface area contributed by atoms with E-state index in [4.69, 9.17) is 0 Å². The molecule has 3 amide bonds. The van der Waals surface area contributed by atoms with Crippen LogP contribution in [0.25, 0.3) is 5.65 Å². The molecule has 0 saturated carbocycles. The van der Waals surface area contributed by atoms with Crippen LogP contribution < -0.4 is 0 Å². The molecule has 152 valence electrons. The van der Waals surface area contributed by atoms with Crippen LogP contribution >= 0.6 is 0 Å². The van der Waals surface area contributed by atoms with Crippen molar-refractivity contribution in [2.45, 2.75) is 32.2 Å². The molecule has 1 unspecified atom stereocenters. The van der Waals surface area contributed by atoms with Crippen molar-refractivity contribution < 1.29 is 14.4 Å². The third kappa shape index (κ3) is 2.87. The second-order valence-electron chi connectivity index (χ2n) is 7.79. The van der Waals surface area contributed by atoms with Gasteiger partial charge in [0.05, 0.1) is 17.2 Å². The van der Waals surface area contributed by atoms with Crippen molar-refractivity contribution in [1.82, 2.24) is 24.4 Å². The first kappa shape index (κ1) is 18.5. The second-order valence-corrected chi connectivity index (χ2v) is 7.79. The molecule has 2 aromatic heterocycles. The monoisotopic (exact) mass is 403 g/mol. The van der Waals surface area contributed by atoms with Gasteiger partial charge in [-0.15, -0.1) is 10.2 Å². The van der Waals surface area contributed by atoms with Gasteiger partial charge in [-0.3, -0.25) is 23.7 Å². The highest BCUT2D eigenvalue weighted by molar-refractivity contribution is 6.21. The lowest BCUT2D eigenvalue weighted by Gasteiger charge is -2.24. The first-order valence-electron chi connectivity index (χ1n) is 10.1. The highest BCUT2D eigenvalue weighted by Crippen LogP contribution is 2.32. The smallest absolute Gasteiger partial charge is 0.261 e. The molecule has 30 heavy (non-hydrogen) atoms. The van der Waals surface area contributed by atoms with Gasteiger partial charge in [0.2, 0.25) is 5.91 Å². The summed E-state index contributed by atoms with van der Waals surface area (Å²) in [5.41, 5.74) is 2.50. The van der Waals surface area contributed by atoms with Gasteiger partial charge in [-0.25, -0.2) is 0 Å². The highest BCUT2D eigenvalue weighted by atomic mass is 16.2. The molecule has 1 atom stereocenters. The normalized spacial score (nSPS) is 18.5. The summed E-state index contributed by atoms with van der Waals surface area (Å²) < 4.78 is 1.91. The number of likely N-dealkylation sites (tertiary alicyclic amines) is 1. The van der Waals surface area contributed by atoms with Crippen LogP contribution in [0.1, 0.15) is 57.4 Å². The number of carbonyl (C=O) groups excluding carboxylic acids is 3. The van der Waals surface area contributed by atoms with E-state index in [1.807, 2.05) is 41.8 Å². The lowest BCUT2D eigenvalue weighted by Crippen LogP contribution is -2.37. The number of carbonyl (C=O) groups is 3. The van der Waals surface area contributed by atoms with E-state index in [1.54, 1.807) is 17.0 Å². The molecule has 3 aromatic rings. The SMILES string of the molecule is Cc1ccc2c(c1)C(=O)N(CCC(=O)N1CCCC1c1nnc3ccccn13)C2=O. The third-order valence-electron chi connectivity index (χ3n) is 5.89. The van der Waals surface area contributed by atoms with Gasteiger partial charge in [-0.1, -0.05) is 17.7 Å².